The molecule has 3 aromatic carbocycles. The smallest absolute Gasteiger partial charge is 0.199 e. The summed E-state index contributed by atoms with van der Waals surface area (Å²) >= 11 is 0. The van der Waals surface area contributed by atoms with Crippen LogP contribution in [0.1, 0.15) is 26.3 Å². The fourth-order valence-electron chi connectivity index (χ4n) is 4.58. The van der Waals surface area contributed by atoms with Crippen LogP contribution < -0.4 is 15.8 Å². The molecule has 0 atom stereocenters. The average Bonchev–Trinajstić information content (AvgIpc) is 2.79. The van der Waals surface area contributed by atoms with Crippen LogP contribution in [0.2, 0.25) is 0 Å². The number of anilines is 1. The zero-order valence-corrected chi connectivity index (χ0v) is 18.0. The number of aryl methyl sites for hydroxylation is 1. The highest BCUT2D eigenvalue weighted by Gasteiger charge is 2.15. The number of fused-ring (bicyclic) bond motifs is 4. The summed E-state index contributed by atoms with van der Waals surface area (Å²) in [6, 6.07) is 15.4. The molecule has 5 nitrogen and oxygen atoms in total. The second kappa shape index (κ2) is 7.27. The van der Waals surface area contributed by atoms with Gasteiger partial charge in [-0.1, -0.05) is 19.1 Å². The molecule has 0 aliphatic heterocycles. The maximum absolute atomic E-state index is 13.6. The molecule has 31 heavy (non-hydrogen) atoms. The van der Waals surface area contributed by atoms with Crippen molar-refractivity contribution in [3.8, 4) is 0 Å². The third-order valence-corrected chi connectivity index (χ3v) is 6.30. The van der Waals surface area contributed by atoms with E-state index in [1.165, 1.54) is 0 Å². The topological polar surface area (TPSA) is 69.0 Å². The number of rotatable bonds is 4. The van der Waals surface area contributed by atoms with Gasteiger partial charge in [-0.15, -0.1) is 0 Å². The standard InChI is InChI=1S/C26H25N3O2/c1-4-15-10-11-16-20(12-15)28-21-14-18-22(13-17(21)25(16)30)27-19-8-7-9-23(24(19)26(18)31)29(5-2)6-3/h7-14H,4-6H2,1-3H3,(H,27,31)(H,28,30). The maximum atomic E-state index is 13.6. The zero-order valence-electron chi connectivity index (χ0n) is 18.0. The average molecular weight is 412 g/mol. The predicted molar refractivity (Wildman–Crippen MR) is 131 cm³/mol. The van der Waals surface area contributed by atoms with Crippen LogP contribution in [0.5, 0.6) is 0 Å². The summed E-state index contributed by atoms with van der Waals surface area (Å²) in [7, 11) is 0. The summed E-state index contributed by atoms with van der Waals surface area (Å²) < 4.78 is 0. The Morgan fingerprint density at radius 1 is 0.710 bits per heavy atom. The molecule has 0 unspecified atom stereocenters. The van der Waals surface area contributed by atoms with Gasteiger partial charge in [0.2, 0.25) is 0 Å². The first-order valence-electron chi connectivity index (χ1n) is 10.9. The van der Waals surface area contributed by atoms with Crippen LogP contribution in [0.15, 0.2) is 58.1 Å². The van der Waals surface area contributed by atoms with Crippen molar-refractivity contribution in [1.29, 1.82) is 0 Å². The SMILES string of the molecule is CCc1ccc2c(=O)c3cc4[nH]c5cccc(N(CC)CC)c5c(=O)c4cc3[nH]c2c1. The molecule has 2 aromatic heterocycles. The lowest BCUT2D eigenvalue weighted by Gasteiger charge is -2.22. The summed E-state index contributed by atoms with van der Waals surface area (Å²) in [6.07, 6.45) is 0.896. The number of pyridine rings is 2. The first-order chi connectivity index (χ1) is 15.0. The van der Waals surface area contributed by atoms with Crippen LogP contribution in [-0.2, 0) is 6.42 Å². The summed E-state index contributed by atoms with van der Waals surface area (Å²) in [5.41, 5.74) is 5.01. The normalized spacial score (nSPS) is 11.7. The minimum atomic E-state index is -0.0221. The van der Waals surface area contributed by atoms with Gasteiger partial charge in [0, 0.05) is 29.2 Å². The number of aromatic nitrogens is 2. The lowest BCUT2D eigenvalue weighted by Crippen LogP contribution is -2.23. The quantitative estimate of drug-likeness (QED) is 0.405. The van der Waals surface area contributed by atoms with Gasteiger partial charge in [-0.25, -0.2) is 0 Å². The fraction of sp³-hybridized carbons (Fsp3) is 0.231. The molecule has 2 N–H and O–H groups in total. The Bertz CT molecular complexity index is 1590. The van der Waals surface area contributed by atoms with Gasteiger partial charge in [0.25, 0.3) is 0 Å². The van der Waals surface area contributed by atoms with Crippen LogP contribution in [0, 0.1) is 0 Å². The molecule has 0 saturated carbocycles. The Morgan fingerprint density at radius 3 is 2.03 bits per heavy atom. The van der Waals surface area contributed by atoms with Gasteiger partial charge < -0.3 is 14.9 Å². The molecule has 0 aliphatic carbocycles. The Kier molecular flexibility index (Phi) is 4.54. The molecule has 0 saturated heterocycles. The van der Waals surface area contributed by atoms with Crippen LogP contribution in [0.25, 0.3) is 43.6 Å². The van der Waals surface area contributed by atoms with Gasteiger partial charge >= 0.3 is 0 Å². The second-order valence-electron chi connectivity index (χ2n) is 7.96. The van der Waals surface area contributed by atoms with Crippen molar-refractivity contribution in [1.82, 2.24) is 9.97 Å². The first-order valence-corrected chi connectivity index (χ1v) is 10.9. The van der Waals surface area contributed by atoms with E-state index in [9.17, 15) is 9.59 Å². The molecule has 5 heteroatoms. The first kappa shape index (κ1) is 19.4. The third-order valence-electron chi connectivity index (χ3n) is 6.30. The second-order valence-corrected chi connectivity index (χ2v) is 7.96. The number of benzene rings is 3. The van der Waals surface area contributed by atoms with Crippen LogP contribution in [0.4, 0.5) is 5.69 Å². The molecule has 5 aromatic rings. The van der Waals surface area contributed by atoms with Gasteiger partial charge in [-0.2, -0.15) is 0 Å². The maximum Gasteiger partial charge on any atom is 0.199 e. The lowest BCUT2D eigenvalue weighted by molar-refractivity contribution is 0.870. The molecule has 0 fully saturated rings. The Labute approximate surface area is 179 Å². The minimum Gasteiger partial charge on any atom is -0.371 e. The van der Waals surface area contributed by atoms with Gasteiger partial charge in [0.05, 0.1) is 33.1 Å². The molecular formula is C26H25N3O2. The highest BCUT2D eigenvalue weighted by atomic mass is 16.1. The summed E-state index contributed by atoms with van der Waals surface area (Å²) in [6.45, 7) is 7.91. The molecule has 2 heterocycles. The summed E-state index contributed by atoms with van der Waals surface area (Å²) in [4.78, 5) is 35.8. The van der Waals surface area contributed by atoms with E-state index in [0.717, 1.165) is 41.8 Å². The van der Waals surface area contributed by atoms with Crippen LogP contribution in [0.3, 0.4) is 0 Å². The van der Waals surface area contributed by atoms with Crippen molar-refractivity contribution in [2.24, 2.45) is 0 Å². The van der Waals surface area contributed by atoms with Gasteiger partial charge in [-0.05, 0) is 62.2 Å². The molecule has 0 spiro atoms. The monoisotopic (exact) mass is 411 g/mol. The third kappa shape index (κ3) is 2.92. The van der Waals surface area contributed by atoms with Crippen molar-refractivity contribution >= 4 is 49.3 Å². The van der Waals surface area contributed by atoms with Crippen molar-refractivity contribution in [3.05, 3.63) is 74.5 Å². The Balaban J connectivity index is 1.90. The van der Waals surface area contributed by atoms with Crippen LogP contribution in [-0.4, -0.2) is 23.1 Å². The lowest BCUT2D eigenvalue weighted by atomic mass is 10.0. The van der Waals surface area contributed by atoms with Gasteiger partial charge in [0.1, 0.15) is 0 Å². The van der Waals surface area contributed by atoms with E-state index in [4.69, 9.17) is 0 Å². The molecule has 0 amide bonds. The number of aromatic amines is 2. The molecule has 5 rings (SSSR count). The number of H-pyrrole nitrogens is 2. The Hall–Kier alpha value is -3.60. The molecule has 0 bridgehead atoms. The van der Waals surface area contributed by atoms with Crippen molar-refractivity contribution in [3.63, 3.8) is 0 Å². The molecule has 0 aliphatic rings. The van der Waals surface area contributed by atoms with Gasteiger partial charge in [-0.3, -0.25) is 9.59 Å². The summed E-state index contributed by atoms with van der Waals surface area (Å²) in [5, 5.41) is 2.52. The van der Waals surface area contributed by atoms with E-state index in [2.05, 4.69) is 35.6 Å². The van der Waals surface area contributed by atoms with Crippen molar-refractivity contribution in [2.75, 3.05) is 18.0 Å². The number of nitrogens with one attached hydrogen (secondary N) is 2. The van der Waals surface area contributed by atoms with E-state index in [1.54, 1.807) is 0 Å². The summed E-state index contributed by atoms with van der Waals surface area (Å²) in [5.74, 6) is 0. The Morgan fingerprint density at radius 2 is 1.35 bits per heavy atom. The van der Waals surface area contributed by atoms with E-state index in [-0.39, 0.29) is 10.9 Å². The van der Waals surface area contributed by atoms with E-state index < -0.39 is 0 Å². The van der Waals surface area contributed by atoms with E-state index in [0.29, 0.717) is 32.6 Å². The number of hydrogen-bond donors (Lipinski definition) is 2. The number of nitrogens with zero attached hydrogens (tertiary/aromatic N) is 1. The number of hydrogen-bond acceptors (Lipinski definition) is 3. The largest absolute Gasteiger partial charge is 0.371 e. The van der Waals surface area contributed by atoms with E-state index >= 15 is 0 Å². The van der Waals surface area contributed by atoms with Crippen molar-refractivity contribution in [2.45, 2.75) is 27.2 Å². The van der Waals surface area contributed by atoms with E-state index in [1.807, 2.05) is 48.5 Å². The molecule has 0 radical (unpaired) electrons. The fourth-order valence-corrected chi connectivity index (χ4v) is 4.58. The highest BCUT2D eigenvalue weighted by molar-refractivity contribution is 6.05. The zero-order chi connectivity index (χ0) is 21.7. The molecular weight excluding hydrogens is 386 g/mol. The molecule has 156 valence electrons. The van der Waals surface area contributed by atoms with Gasteiger partial charge in [0.15, 0.2) is 10.9 Å². The highest BCUT2D eigenvalue weighted by Crippen LogP contribution is 2.27. The van der Waals surface area contributed by atoms with Crippen LogP contribution >= 0.6 is 0 Å². The predicted octanol–water partition coefficient (Wildman–Crippen LogP) is 5.08. The van der Waals surface area contributed by atoms with Crippen molar-refractivity contribution < 1.29 is 0 Å². The minimum absolute atomic E-state index is 0.0172.